The summed E-state index contributed by atoms with van der Waals surface area (Å²) in [6, 6.07) is 4.93. The lowest BCUT2D eigenvalue weighted by atomic mass is 9.95. The standard InChI is InChI=1S/C16H21NO4/c1-4-16(2,21-3)15(20)17-9-5-6-11-10-12(14(18)19)7-8-13(11)17/h7-8,10H,4-6,9H2,1-3H3,(H,18,19). The number of anilines is 1. The first-order chi connectivity index (χ1) is 9.92. The summed E-state index contributed by atoms with van der Waals surface area (Å²) < 4.78 is 5.39. The predicted molar refractivity (Wildman–Crippen MR) is 79.8 cm³/mol. The van der Waals surface area contributed by atoms with E-state index in [9.17, 15) is 9.59 Å². The van der Waals surface area contributed by atoms with Gasteiger partial charge < -0.3 is 14.7 Å². The number of rotatable bonds is 4. The van der Waals surface area contributed by atoms with Gasteiger partial charge in [-0.05, 0) is 49.9 Å². The van der Waals surface area contributed by atoms with E-state index in [1.54, 1.807) is 37.1 Å². The van der Waals surface area contributed by atoms with Gasteiger partial charge in [0.25, 0.3) is 5.91 Å². The number of aromatic carboxylic acids is 1. The normalized spacial score (nSPS) is 17.0. The highest BCUT2D eigenvalue weighted by molar-refractivity contribution is 6.00. The van der Waals surface area contributed by atoms with E-state index >= 15 is 0 Å². The number of benzene rings is 1. The zero-order valence-electron chi connectivity index (χ0n) is 12.7. The highest BCUT2D eigenvalue weighted by Gasteiger charge is 2.37. The second-order valence-corrected chi connectivity index (χ2v) is 5.50. The van der Waals surface area contributed by atoms with Crippen molar-refractivity contribution in [2.24, 2.45) is 0 Å². The summed E-state index contributed by atoms with van der Waals surface area (Å²) in [5.74, 6) is -1.02. The minimum Gasteiger partial charge on any atom is -0.478 e. The van der Waals surface area contributed by atoms with Crippen molar-refractivity contribution in [2.45, 2.75) is 38.7 Å². The highest BCUT2D eigenvalue weighted by Crippen LogP contribution is 2.31. The highest BCUT2D eigenvalue weighted by atomic mass is 16.5. The summed E-state index contributed by atoms with van der Waals surface area (Å²) in [5, 5.41) is 9.07. The average Bonchev–Trinajstić information content (AvgIpc) is 2.52. The lowest BCUT2D eigenvalue weighted by Crippen LogP contribution is -2.50. The molecule has 0 spiro atoms. The number of hydrogen-bond donors (Lipinski definition) is 1. The molecule has 0 aliphatic carbocycles. The second-order valence-electron chi connectivity index (χ2n) is 5.50. The minimum atomic E-state index is -0.948. The first kappa shape index (κ1) is 15.5. The number of methoxy groups -OCH3 is 1. The lowest BCUT2D eigenvalue weighted by Gasteiger charge is -2.36. The molecule has 114 valence electrons. The number of amides is 1. The molecule has 1 aliphatic heterocycles. The van der Waals surface area contributed by atoms with Crippen molar-refractivity contribution >= 4 is 17.6 Å². The quantitative estimate of drug-likeness (QED) is 0.925. The molecule has 1 heterocycles. The van der Waals surface area contributed by atoms with Crippen LogP contribution >= 0.6 is 0 Å². The third kappa shape index (κ3) is 2.78. The Morgan fingerprint density at radius 2 is 2.14 bits per heavy atom. The third-order valence-corrected chi connectivity index (χ3v) is 4.27. The van der Waals surface area contributed by atoms with Crippen LogP contribution in [0.5, 0.6) is 0 Å². The van der Waals surface area contributed by atoms with Crippen LogP contribution in [-0.2, 0) is 16.0 Å². The Kier molecular flexibility index (Phi) is 4.32. The van der Waals surface area contributed by atoms with Gasteiger partial charge in [-0.1, -0.05) is 6.92 Å². The molecule has 1 N–H and O–H groups in total. The number of hydrogen-bond acceptors (Lipinski definition) is 3. The Bertz CT molecular complexity index is 563. The Morgan fingerprint density at radius 1 is 1.43 bits per heavy atom. The van der Waals surface area contributed by atoms with E-state index in [4.69, 9.17) is 9.84 Å². The molecule has 21 heavy (non-hydrogen) atoms. The van der Waals surface area contributed by atoms with Gasteiger partial charge in [-0.25, -0.2) is 4.79 Å². The summed E-state index contributed by atoms with van der Waals surface area (Å²) in [6.45, 7) is 4.34. The van der Waals surface area contributed by atoms with Gasteiger partial charge in [0.05, 0.1) is 5.56 Å². The molecule has 0 fully saturated rings. The average molecular weight is 291 g/mol. The van der Waals surface area contributed by atoms with Gasteiger partial charge in [-0.2, -0.15) is 0 Å². The van der Waals surface area contributed by atoms with Crippen LogP contribution in [0.2, 0.25) is 0 Å². The summed E-state index contributed by atoms with van der Waals surface area (Å²) in [6.07, 6.45) is 2.20. The molecular formula is C16H21NO4. The first-order valence-electron chi connectivity index (χ1n) is 7.16. The van der Waals surface area contributed by atoms with Crippen LogP contribution in [-0.4, -0.2) is 36.2 Å². The van der Waals surface area contributed by atoms with Crippen molar-refractivity contribution in [3.8, 4) is 0 Å². The van der Waals surface area contributed by atoms with Crippen LogP contribution in [0.4, 0.5) is 5.69 Å². The van der Waals surface area contributed by atoms with Gasteiger partial charge >= 0.3 is 5.97 Å². The van der Waals surface area contributed by atoms with Crippen molar-refractivity contribution < 1.29 is 19.4 Å². The number of ether oxygens (including phenoxy) is 1. The first-order valence-corrected chi connectivity index (χ1v) is 7.16. The van der Waals surface area contributed by atoms with Crippen LogP contribution in [0.25, 0.3) is 0 Å². The summed E-state index contributed by atoms with van der Waals surface area (Å²) >= 11 is 0. The predicted octanol–water partition coefficient (Wildman–Crippen LogP) is 2.48. The molecule has 1 aliphatic rings. The van der Waals surface area contributed by atoms with E-state index in [1.807, 2.05) is 6.92 Å². The van der Waals surface area contributed by atoms with Crippen molar-refractivity contribution in [1.82, 2.24) is 0 Å². The lowest BCUT2D eigenvalue weighted by molar-refractivity contribution is -0.138. The number of carbonyl (C=O) groups is 2. The Morgan fingerprint density at radius 3 is 2.71 bits per heavy atom. The monoisotopic (exact) mass is 291 g/mol. The van der Waals surface area contributed by atoms with Gasteiger partial charge in [-0.3, -0.25) is 4.79 Å². The number of carboxylic acid groups (broad SMARTS) is 1. The van der Waals surface area contributed by atoms with Gasteiger partial charge in [0.1, 0.15) is 5.60 Å². The molecule has 1 amide bonds. The molecule has 0 aromatic heterocycles. The fraction of sp³-hybridized carbons (Fsp3) is 0.500. The molecule has 1 aromatic carbocycles. The maximum atomic E-state index is 12.7. The van der Waals surface area contributed by atoms with Crippen LogP contribution in [0.15, 0.2) is 18.2 Å². The molecule has 2 rings (SSSR count). The minimum absolute atomic E-state index is 0.0727. The molecule has 1 aromatic rings. The largest absolute Gasteiger partial charge is 0.478 e. The molecule has 5 heteroatoms. The van der Waals surface area contributed by atoms with Crippen molar-refractivity contribution in [3.63, 3.8) is 0 Å². The van der Waals surface area contributed by atoms with Crippen LogP contribution in [0.1, 0.15) is 42.6 Å². The Hall–Kier alpha value is -1.88. The van der Waals surface area contributed by atoms with Gasteiger partial charge in [0, 0.05) is 19.3 Å². The van der Waals surface area contributed by atoms with E-state index in [0.29, 0.717) is 13.0 Å². The molecule has 1 atom stereocenters. The number of carbonyl (C=O) groups excluding carboxylic acids is 1. The van der Waals surface area contributed by atoms with Crippen molar-refractivity contribution in [3.05, 3.63) is 29.3 Å². The SMILES string of the molecule is CCC(C)(OC)C(=O)N1CCCc2cc(C(=O)O)ccc21. The summed E-state index contributed by atoms with van der Waals surface area (Å²) in [5.41, 5.74) is 1.12. The van der Waals surface area contributed by atoms with E-state index in [1.165, 1.54) is 0 Å². The number of carboxylic acids is 1. The van der Waals surface area contributed by atoms with Crippen LogP contribution in [0.3, 0.4) is 0 Å². The fourth-order valence-corrected chi connectivity index (χ4v) is 2.61. The zero-order valence-corrected chi connectivity index (χ0v) is 12.7. The van der Waals surface area contributed by atoms with E-state index in [0.717, 1.165) is 24.1 Å². The molecule has 1 unspecified atom stereocenters. The Balaban J connectivity index is 2.39. The number of aryl methyl sites for hydroxylation is 1. The van der Waals surface area contributed by atoms with Gasteiger partial charge in [-0.15, -0.1) is 0 Å². The van der Waals surface area contributed by atoms with Crippen molar-refractivity contribution in [2.75, 3.05) is 18.6 Å². The maximum absolute atomic E-state index is 12.7. The number of fused-ring (bicyclic) bond motifs is 1. The van der Waals surface area contributed by atoms with Gasteiger partial charge in [0.15, 0.2) is 0 Å². The molecular weight excluding hydrogens is 270 g/mol. The smallest absolute Gasteiger partial charge is 0.335 e. The fourth-order valence-electron chi connectivity index (χ4n) is 2.61. The summed E-state index contributed by atoms with van der Waals surface area (Å²) in [4.78, 5) is 25.5. The van der Waals surface area contributed by atoms with E-state index < -0.39 is 11.6 Å². The van der Waals surface area contributed by atoms with E-state index in [2.05, 4.69) is 0 Å². The molecule has 0 bridgehead atoms. The zero-order chi connectivity index (χ0) is 15.6. The van der Waals surface area contributed by atoms with Crippen molar-refractivity contribution in [1.29, 1.82) is 0 Å². The van der Waals surface area contributed by atoms with Gasteiger partial charge in [0.2, 0.25) is 0 Å². The van der Waals surface area contributed by atoms with E-state index in [-0.39, 0.29) is 11.5 Å². The molecule has 0 saturated carbocycles. The number of nitrogens with zero attached hydrogens (tertiary/aromatic N) is 1. The Labute approximate surface area is 124 Å². The molecule has 0 radical (unpaired) electrons. The molecule has 5 nitrogen and oxygen atoms in total. The second kappa shape index (κ2) is 5.85. The molecule has 0 saturated heterocycles. The summed E-state index contributed by atoms with van der Waals surface area (Å²) in [7, 11) is 1.54. The maximum Gasteiger partial charge on any atom is 0.335 e. The topological polar surface area (TPSA) is 66.8 Å². The van der Waals surface area contributed by atoms with Crippen LogP contribution < -0.4 is 4.90 Å². The third-order valence-electron chi connectivity index (χ3n) is 4.27. The van der Waals surface area contributed by atoms with Crippen LogP contribution in [0, 0.1) is 0 Å².